The summed E-state index contributed by atoms with van der Waals surface area (Å²) >= 11 is 0. The zero-order chi connectivity index (χ0) is 20.2. The molecule has 1 heterocycles. The first-order valence-corrected chi connectivity index (χ1v) is 10.4. The van der Waals surface area contributed by atoms with Crippen molar-refractivity contribution in [1.82, 2.24) is 9.47 Å². The number of halogens is 1. The highest BCUT2D eigenvalue weighted by molar-refractivity contribution is 5.86. The average Bonchev–Trinajstić information content (AvgIpc) is 3.03. The van der Waals surface area contributed by atoms with Crippen LogP contribution in [0.15, 0.2) is 84.9 Å². The third kappa shape index (κ3) is 4.61. The molecule has 0 atom stereocenters. The zero-order valence-corrected chi connectivity index (χ0v) is 18.9. The van der Waals surface area contributed by atoms with Crippen molar-refractivity contribution in [3.63, 3.8) is 0 Å². The Morgan fingerprint density at radius 2 is 1.30 bits per heavy atom. The monoisotopic (exact) mass is 418 g/mol. The number of nitrogens with zero attached hydrogens (tertiary/aromatic N) is 2. The molecule has 0 saturated heterocycles. The molecule has 3 aromatic carbocycles. The van der Waals surface area contributed by atoms with Crippen LogP contribution in [-0.2, 0) is 19.9 Å². The molecule has 3 heteroatoms. The fourth-order valence-electron chi connectivity index (χ4n) is 4.40. The molecule has 0 aliphatic rings. The smallest absolute Gasteiger partial charge is 0.0482 e. The summed E-state index contributed by atoms with van der Waals surface area (Å²) in [7, 11) is 6.52. The molecule has 0 saturated carbocycles. The highest BCUT2D eigenvalue weighted by atomic mass is 35.5. The van der Waals surface area contributed by atoms with Crippen molar-refractivity contribution in [2.45, 2.75) is 18.8 Å². The topological polar surface area (TPSA) is 8.17 Å². The molecule has 1 aromatic heterocycles. The van der Waals surface area contributed by atoms with E-state index >= 15 is 0 Å². The highest BCUT2D eigenvalue weighted by Gasteiger charge is 2.21. The molecule has 156 valence electrons. The summed E-state index contributed by atoms with van der Waals surface area (Å²) in [5, 5.41) is 1.39. The van der Waals surface area contributed by atoms with Crippen LogP contribution in [0.25, 0.3) is 10.9 Å². The van der Waals surface area contributed by atoms with Gasteiger partial charge in [0.15, 0.2) is 0 Å². The van der Waals surface area contributed by atoms with Crippen LogP contribution in [0.1, 0.15) is 28.3 Å². The summed E-state index contributed by atoms with van der Waals surface area (Å²) in [4.78, 5) is 2.27. The van der Waals surface area contributed by atoms with Gasteiger partial charge in [-0.05, 0) is 43.3 Å². The van der Waals surface area contributed by atoms with Gasteiger partial charge in [-0.2, -0.15) is 0 Å². The van der Waals surface area contributed by atoms with E-state index in [1.54, 1.807) is 0 Å². The fourth-order valence-corrected chi connectivity index (χ4v) is 4.40. The predicted octanol–water partition coefficient (Wildman–Crippen LogP) is 6.08. The summed E-state index contributed by atoms with van der Waals surface area (Å²) < 4.78 is 2.40. The van der Waals surface area contributed by atoms with Crippen molar-refractivity contribution in [2.75, 3.05) is 20.6 Å². The van der Waals surface area contributed by atoms with Gasteiger partial charge in [-0.15, -0.1) is 12.4 Å². The number of rotatable bonds is 7. The minimum atomic E-state index is 0. The highest BCUT2D eigenvalue weighted by Crippen LogP contribution is 2.34. The maximum Gasteiger partial charge on any atom is 0.0482 e. The summed E-state index contributed by atoms with van der Waals surface area (Å²) in [6.45, 7) is 1.05. The number of aromatic nitrogens is 1. The van der Waals surface area contributed by atoms with E-state index in [9.17, 15) is 0 Å². The van der Waals surface area contributed by atoms with Crippen LogP contribution in [0.2, 0.25) is 0 Å². The molecule has 0 spiro atoms. The van der Waals surface area contributed by atoms with Crippen LogP contribution >= 0.6 is 12.4 Å². The predicted molar refractivity (Wildman–Crippen MR) is 131 cm³/mol. The van der Waals surface area contributed by atoms with Crippen LogP contribution in [0, 0.1) is 0 Å². The van der Waals surface area contributed by atoms with E-state index in [0.29, 0.717) is 5.92 Å². The maximum absolute atomic E-state index is 2.40. The SMILES string of the molecule is CN(C)CCc1c(CC(c2ccccc2)c2ccccc2)c2ccccc2n1C.Cl. The van der Waals surface area contributed by atoms with Gasteiger partial charge in [0.25, 0.3) is 0 Å². The van der Waals surface area contributed by atoms with Gasteiger partial charge in [0.05, 0.1) is 0 Å². The second-order valence-corrected chi connectivity index (χ2v) is 8.13. The Hall–Kier alpha value is -2.55. The zero-order valence-electron chi connectivity index (χ0n) is 18.1. The lowest BCUT2D eigenvalue weighted by Gasteiger charge is -2.20. The number of aryl methyl sites for hydroxylation is 1. The van der Waals surface area contributed by atoms with Gasteiger partial charge in [0.1, 0.15) is 0 Å². The van der Waals surface area contributed by atoms with Crippen molar-refractivity contribution in [3.8, 4) is 0 Å². The van der Waals surface area contributed by atoms with Crippen LogP contribution in [0.3, 0.4) is 0 Å². The van der Waals surface area contributed by atoms with Gasteiger partial charge in [-0.3, -0.25) is 0 Å². The van der Waals surface area contributed by atoms with Crippen molar-refractivity contribution >= 4 is 23.3 Å². The molecule has 2 nitrogen and oxygen atoms in total. The summed E-state index contributed by atoms with van der Waals surface area (Å²) in [6.07, 6.45) is 2.07. The molecule has 0 fully saturated rings. The Balaban J connectivity index is 0.00000256. The average molecular weight is 419 g/mol. The first-order valence-electron chi connectivity index (χ1n) is 10.4. The number of likely N-dealkylation sites (N-methyl/N-ethyl adjacent to an activating group) is 1. The number of hydrogen-bond donors (Lipinski definition) is 0. The van der Waals surface area contributed by atoms with Crippen LogP contribution < -0.4 is 0 Å². The van der Waals surface area contributed by atoms with E-state index in [-0.39, 0.29) is 12.4 Å². The van der Waals surface area contributed by atoms with E-state index in [2.05, 4.69) is 116 Å². The van der Waals surface area contributed by atoms with Crippen molar-refractivity contribution in [3.05, 3.63) is 107 Å². The first kappa shape index (κ1) is 22.1. The van der Waals surface area contributed by atoms with E-state index in [1.165, 1.54) is 33.3 Å². The molecule has 4 aromatic rings. The van der Waals surface area contributed by atoms with E-state index in [0.717, 1.165) is 19.4 Å². The molecule has 0 aliphatic carbocycles. The number of hydrogen-bond acceptors (Lipinski definition) is 1. The quantitative estimate of drug-likeness (QED) is 0.353. The Morgan fingerprint density at radius 1 is 0.767 bits per heavy atom. The van der Waals surface area contributed by atoms with Gasteiger partial charge in [0, 0.05) is 42.5 Å². The number of fused-ring (bicyclic) bond motifs is 1. The summed E-state index contributed by atoms with van der Waals surface area (Å²) in [6, 6.07) is 30.7. The van der Waals surface area contributed by atoms with Gasteiger partial charge in [-0.25, -0.2) is 0 Å². The maximum atomic E-state index is 2.40. The molecule has 0 bridgehead atoms. The van der Waals surface area contributed by atoms with Crippen molar-refractivity contribution in [2.24, 2.45) is 7.05 Å². The van der Waals surface area contributed by atoms with Gasteiger partial charge >= 0.3 is 0 Å². The molecule has 0 amide bonds. The molecule has 0 unspecified atom stereocenters. The minimum absolute atomic E-state index is 0. The van der Waals surface area contributed by atoms with Crippen molar-refractivity contribution < 1.29 is 0 Å². The second-order valence-electron chi connectivity index (χ2n) is 8.13. The molecule has 0 N–H and O–H groups in total. The fraction of sp³-hybridized carbons (Fsp3) is 0.259. The summed E-state index contributed by atoms with van der Waals surface area (Å²) in [5.74, 6) is 0.348. The van der Waals surface area contributed by atoms with Crippen LogP contribution in [0.4, 0.5) is 0 Å². The Morgan fingerprint density at radius 3 is 1.87 bits per heavy atom. The minimum Gasteiger partial charge on any atom is -0.347 e. The third-order valence-corrected chi connectivity index (χ3v) is 5.95. The Kier molecular flexibility index (Phi) is 7.36. The lowest BCUT2D eigenvalue weighted by atomic mass is 9.85. The normalized spacial score (nSPS) is 11.2. The van der Waals surface area contributed by atoms with E-state index in [4.69, 9.17) is 0 Å². The van der Waals surface area contributed by atoms with Gasteiger partial charge < -0.3 is 9.47 Å². The molecule has 0 radical (unpaired) electrons. The lowest BCUT2D eigenvalue weighted by Crippen LogP contribution is -2.17. The van der Waals surface area contributed by atoms with Gasteiger partial charge in [0.2, 0.25) is 0 Å². The van der Waals surface area contributed by atoms with Crippen LogP contribution in [0.5, 0.6) is 0 Å². The van der Waals surface area contributed by atoms with Crippen molar-refractivity contribution in [1.29, 1.82) is 0 Å². The second kappa shape index (κ2) is 9.97. The molecule has 4 rings (SSSR count). The molecule has 30 heavy (non-hydrogen) atoms. The number of benzene rings is 3. The van der Waals surface area contributed by atoms with Crippen LogP contribution in [-0.4, -0.2) is 30.1 Å². The number of para-hydroxylation sites is 1. The molecule has 0 aliphatic heterocycles. The third-order valence-electron chi connectivity index (χ3n) is 5.95. The Labute approximate surface area is 186 Å². The molecular weight excluding hydrogens is 388 g/mol. The standard InChI is InChI=1S/C27H30N2.ClH/c1-28(2)19-18-27-25(23-16-10-11-17-26(23)29(27)3)20-24(21-12-6-4-7-13-21)22-14-8-5-9-15-22;/h4-17,24H,18-20H2,1-3H3;1H. The van der Waals surface area contributed by atoms with E-state index in [1.807, 2.05) is 0 Å². The summed E-state index contributed by atoms with van der Waals surface area (Å²) in [5.41, 5.74) is 7.03. The van der Waals surface area contributed by atoms with E-state index < -0.39 is 0 Å². The molecular formula is C27H31ClN2. The first-order chi connectivity index (χ1) is 14.1. The van der Waals surface area contributed by atoms with Gasteiger partial charge in [-0.1, -0.05) is 78.9 Å². The lowest BCUT2D eigenvalue weighted by molar-refractivity contribution is 0.409. The largest absolute Gasteiger partial charge is 0.347 e. The Bertz CT molecular complexity index is 1030.